The second kappa shape index (κ2) is 9.12. The third-order valence-corrected chi connectivity index (χ3v) is 7.30. The lowest BCUT2D eigenvalue weighted by molar-refractivity contribution is -0.122. The maximum Gasteiger partial charge on any atom is 0.310 e. The lowest BCUT2D eigenvalue weighted by Crippen LogP contribution is -2.44. The molecule has 0 saturated carbocycles. The summed E-state index contributed by atoms with van der Waals surface area (Å²) in [6.07, 6.45) is 3.03. The predicted octanol–water partition coefficient (Wildman–Crippen LogP) is 3.58. The molecule has 2 N–H and O–H groups in total. The van der Waals surface area contributed by atoms with Crippen molar-refractivity contribution in [1.82, 2.24) is 20.1 Å². The van der Waals surface area contributed by atoms with Crippen LogP contribution in [0.4, 0.5) is 20.4 Å². The molecule has 3 aromatic rings. The molecule has 190 valence electrons. The molecule has 5 heterocycles. The second-order valence-electron chi connectivity index (χ2n) is 9.55. The highest BCUT2D eigenvalue weighted by Crippen LogP contribution is 2.45. The van der Waals surface area contributed by atoms with Gasteiger partial charge in [-0.3, -0.25) is 9.69 Å². The van der Waals surface area contributed by atoms with E-state index >= 15 is 0 Å². The summed E-state index contributed by atoms with van der Waals surface area (Å²) in [5.74, 6) is -1.16. The SMILES string of the molecule is Cc1nnc(N[C@H](C)c2cccc3c2OCC3(F)F)c2cc(N3C[C@@H]4C[C@H]3CN4C)ncc12.O=CO. The van der Waals surface area contributed by atoms with Gasteiger partial charge in [0.15, 0.2) is 12.4 Å². The Morgan fingerprint density at radius 3 is 2.72 bits per heavy atom. The van der Waals surface area contributed by atoms with E-state index in [0.29, 0.717) is 23.5 Å². The van der Waals surface area contributed by atoms with E-state index in [2.05, 4.69) is 38.4 Å². The highest BCUT2D eigenvalue weighted by Gasteiger charge is 2.43. The molecule has 0 aliphatic carbocycles. The van der Waals surface area contributed by atoms with Crippen LogP contribution >= 0.6 is 0 Å². The fourth-order valence-corrected chi connectivity index (χ4v) is 5.44. The zero-order valence-electron chi connectivity index (χ0n) is 20.3. The van der Waals surface area contributed by atoms with Crippen LogP contribution in [0.2, 0.25) is 0 Å². The van der Waals surface area contributed by atoms with Gasteiger partial charge in [0.25, 0.3) is 6.47 Å². The van der Waals surface area contributed by atoms with Crippen molar-refractivity contribution in [2.75, 3.05) is 37.0 Å². The molecule has 3 atom stereocenters. The van der Waals surface area contributed by atoms with Gasteiger partial charge in [-0.05, 0) is 39.4 Å². The summed E-state index contributed by atoms with van der Waals surface area (Å²) in [7, 11) is 2.18. The fraction of sp³-hybridized carbons (Fsp3) is 0.440. The number of piperazine rings is 1. The summed E-state index contributed by atoms with van der Waals surface area (Å²) in [6, 6.07) is 7.71. The average Bonchev–Trinajstić information content (AvgIpc) is 3.53. The molecule has 2 bridgehead atoms. The topological polar surface area (TPSA) is 104 Å². The number of hydrogen-bond donors (Lipinski definition) is 2. The number of carboxylic acid groups (broad SMARTS) is 1. The highest BCUT2D eigenvalue weighted by atomic mass is 19.3. The number of benzene rings is 1. The number of anilines is 2. The normalized spacial score (nSPS) is 22.5. The monoisotopic (exact) mass is 498 g/mol. The molecule has 2 fully saturated rings. The van der Waals surface area contributed by atoms with Crippen LogP contribution in [0.15, 0.2) is 30.5 Å². The van der Waals surface area contributed by atoms with Crippen molar-refractivity contribution < 1.29 is 23.4 Å². The number of nitrogens with zero attached hydrogens (tertiary/aromatic N) is 5. The largest absolute Gasteiger partial charge is 0.486 e. The Bertz CT molecular complexity index is 1300. The van der Waals surface area contributed by atoms with Crippen molar-refractivity contribution in [3.63, 3.8) is 0 Å². The number of para-hydroxylation sites is 1. The molecular weight excluding hydrogens is 470 g/mol. The van der Waals surface area contributed by atoms with E-state index in [1.54, 1.807) is 6.07 Å². The number of fused-ring (bicyclic) bond motifs is 4. The molecule has 2 aromatic heterocycles. The first kappa shape index (κ1) is 24.1. The number of halogens is 2. The highest BCUT2D eigenvalue weighted by molar-refractivity contribution is 5.94. The molecule has 0 radical (unpaired) electrons. The molecule has 6 rings (SSSR count). The minimum atomic E-state index is -2.97. The lowest BCUT2D eigenvalue weighted by atomic mass is 10.0. The predicted molar refractivity (Wildman–Crippen MR) is 131 cm³/mol. The number of ether oxygens (including phenoxy) is 1. The van der Waals surface area contributed by atoms with Crippen LogP contribution < -0.4 is 15.0 Å². The molecule has 11 heteroatoms. The van der Waals surface area contributed by atoms with Crippen LogP contribution in [0.3, 0.4) is 0 Å². The lowest BCUT2D eigenvalue weighted by Gasteiger charge is -2.33. The van der Waals surface area contributed by atoms with Crippen LogP contribution in [0, 0.1) is 6.92 Å². The van der Waals surface area contributed by atoms with Gasteiger partial charge >= 0.3 is 5.92 Å². The van der Waals surface area contributed by atoms with Crippen molar-refractivity contribution in [3.8, 4) is 5.75 Å². The summed E-state index contributed by atoms with van der Waals surface area (Å²) in [5.41, 5.74) is 1.41. The van der Waals surface area contributed by atoms with Crippen molar-refractivity contribution in [2.24, 2.45) is 0 Å². The van der Waals surface area contributed by atoms with Crippen LogP contribution in [-0.4, -0.2) is 70.5 Å². The summed E-state index contributed by atoms with van der Waals surface area (Å²) >= 11 is 0. The van der Waals surface area contributed by atoms with Gasteiger partial charge in [0.05, 0.1) is 17.3 Å². The summed E-state index contributed by atoms with van der Waals surface area (Å²) in [5, 5.41) is 20.8. The number of aryl methyl sites for hydroxylation is 1. The number of nitrogens with one attached hydrogen (secondary N) is 1. The van der Waals surface area contributed by atoms with Gasteiger partial charge in [-0.25, -0.2) is 4.98 Å². The molecule has 36 heavy (non-hydrogen) atoms. The minimum absolute atomic E-state index is 0.0611. The third-order valence-electron chi connectivity index (χ3n) is 7.30. The van der Waals surface area contributed by atoms with Gasteiger partial charge in [-0.15, -0.1) is 5.10 Å². The minimum Gasteiger partial charge on any atom is -0.486 e. The zero-order chi connectivity index (χ0) is 25.6. The van der Waals surface area contributed by atoms with Crippen LogP contribution in [0.5, 0.6) is 5.75 Å². The number of aromatic nitrogens is 3. The number of likely N-dealkylation sites (N-methyl/N-ethyl adjacent to an activating group) is 1. The van der Waals surface area contributed by atoms with E-state index in [0.717, 1.165) is 41.8 Å². The van der Waals surface area contributed by atoms with Crippen LogP contribution in [0.25, 0.3) is 10.8 Å². The van der Waals surface area contributed by atoms with Gasteiger partial charge < -0.3 is 20.1 Å². The van der Waals surface area contributed by atoms with E-state index in [-0.39, 0.29) is 23.8 Å². The van der Waals surface area contributed by atoms with E-state index in [4.69, 9.17) is 19.6 Å². The van der Waals surface area contributed by atoms with Crippen LogP contribution in [-0.2, 0) is 10.7 Å². The summed E-state index contributed by atoms with van der Waals surface area (Å²) in [4.78, 5) is 17.9. The van der Waals surface area contributed by atoms with Gasteiger partial charge in [0.2, 0.25) is 0 Å². The number of likely N-dealkylation sites (tertiary alicyclic amines) is 1. The number of hydrogen-bond acceptors (Lipinski definition) is 8. The van der Waals surface area contributed by atoms with Gasteiger partial charge in [0.1, 0.15) is 11.6 Å². The average molecular weight is 499 g/mol. The molecule has 2 saturated heterocycles. The molecule has 0 amide bonds. The third kappa shape index (κ3) is 4.06. The van der Waals surface area contributed by atoms with E-state index in [1.165, 1.54) is 6.07 Å². The fourth-order valence-electron chi connectivity index (χ4n) is 5.44. The van der Waals surface area contributed by atoms with Crippen molar-refractivity contribution in [1.29, 1.82) is 0 Å². The van der Waals surface area contributed by atoms with Crippen molar-refractivity contribution in [3.05, 3.63) is 47.3 Å². The van der Waals surface area contributed by atoms with E-state index in [1.807, 2.05) is 26.1 Å². The molecule has 0 spiro atoms. The quantitative estimate of drug-likeness (QED) is 0.523. The smallest absolute Gasteiger partial charge is 0.310 e. The van der Waals surface area contributed by atoms with Crippen molar-refractivity contribution in [2.45, 2.75) is 44.3 Å². The Morgan fingerprint density at radius 2 is 2.03 bits per heavy atom. The van der Waals surface area contributed by atoms with Gasteiger partial charge in [-0.2, -0.15) is 13.9 Å². The second-order valence-corrected chi connectivity index (χ2v) is 9.55. The molecular formula is C25H28F2N6O3. The van der Waals surface area contributed by atoms with E-state index < -0.39 is 12.5 Å². The van der Waals surface area contributed by atoms with Crippen molar-refractivity contribution >= 4 is 28.9 Å². The first-order valence-electron chi connectivity index (χ1n) is 11.8. The Labute approximate surface area is 207 Å². The number of pyridine rings is 1. The molecule has 3 aliphatic rings. The Morgan fingerprint density at radius 1 is 1.25 bits per heavy atom. The molecule has 3 aliphatic heterocycles. The zero-order valence-corrected chi connectivity index (χ0v) is 20.3. The first-order chi connectivity index (χ1) is 17.2. The van der Waals surface area contributed by atoms with Crippen LogP contribution in [0.1, 0.15) is 36.2 Å². The van der Waals surface area contributed by atoms with Gasteiger partial charge in [0, 0.05) is 47.7 Å². The Balaban J connectivity index is 0.000000848. The number of alkyl halides is 2. The number of carbonyl (C=O) groups is 1. The molecule has 9 nitrogen and oxygen atoms in total. The van der Waals surface area contributed by atoms with E-state index in [9.17, 15) is 8.78 Å². The summed E-state index contributed by atoms with van der Waals surface area (Å²) in [6.45, 7) is 4.97. The maximum absolute atomic E-state index is 14.2. The number of rotatable bonds is 4. The van der Waals surface area contributed by atoms with Gasteiger partial charge in [-0.1, -0.05) is 12.1 Å². The Kier molecular flexibility index (Phi) is 6.11. The standard InChI is InChI=1S/C24H26F2N6O.CH2O2/c1-13(17-5-4-6-20-22(17)33-12-24(20,25)26)28-23-18-8-21(27-9-19(18)14(2)29-30-23)32-11-15-7-16(32)10-31(15)3;2-1-3/h4-6,8-9,13,15-16H,7,10-12H2,1-3H3,(H,28,30);1H,(H,2,3)/t13-,15+,16+;/m1./s1. The molecule has 0 unspecified atom stereocenters. The maximum atomic E-state index is 14.2. The summed E-state index contributed by atoms with van der Waals surface area (Å²) < 4.78 is 33.7. The first-order valence-corrected chi connectivity index (χ1v) is 11.8. The Hall–Kier alpha value is -3.60. The molecule has 1 aromatic carbocycles.